The molecule has 110 valence electrons. The molecule has 1 rings (SSSR count). The van der Waals surface area contributed by atoms with Gasteiger partial charge in [0.2, 0.25) is 5.82 Å². The normalized spacial score (nSPS) is 10.6. The Labute approximate surface area is 118 Å². The Balaban J connectivity index is 3.32. The Morgan fingerprint density at radius 2 is 2.20 bits per heavy atom. The van der Waals surface area contributed by atoms with E-state index in [4.69, 9.17) is 5.26 Å². The van der Waals surface area contributed by atoms with E-state index in [-0.39, 0.29) is 16.7 Å². The zero-order valence-electron chi connectivity index (χ0n) is 12.5. The second-order valence-electron chi connectivity index (χ2n) is 4.94. The topological polar surface area (TPSA) is 88.0 Å². The van der Waals surface area contributed by atoms with E-state index in [1.807, 2.05) is 25.7 Å². The highest BCUT2D eigenvalue weighted by Crippen LogP contribution is 2.33. The highest BCUT2D eigenvalue weighted by atomic mass is 16.6. The fourth-order valence-corrected chi connectivity index (χ4v) is 2.25. The van der Waals surface area contributed by atoms with E-state index in [0.29, 0.717) is 30.9 Å². The predicted molar refractivity (Wildman–Crippen MR) is 76.6 cm³/mol. The van der Waals surface area contributed by atoms with Crippen molar-refractivity contribution in [1.29, 1.82) is 5.26 Å². The average molecular weight is 279 g/mol. The summed E-state index contributed by atoms with van der Waals surface area (Å²) in [6.07, 6.45) is 1.70. The van der Waals surface area contributed by atoms with Crippen LogP contribution in [-0.4, -0.2) is 27.3 Å². The molecule has 0 aliphatic heterocycles. The van der Waals surface area contributed by atoms with E-state index in [1.54, 1.807) is 11.7 Å². The molecule has 0 saturated carbocycles. The molecule has 0 spiro atoms. The zero-order chi connectivity index (χ0) is 15.3. The Morgan fingerprint density at radius 3 is 2.65 bits per heavy atom. The van der Waals surface area contributed by atoms with Crippen LogP contribution in [-0.2, 0) is 13.5 Å². The van der Waals surface area contributed by atoms with Gasteiger partial charge in [-0.25, -0.2) is 4.68 Å². The maximum absolute atomic E-state index is 11.4. The maximum Gasteiger partial charge on any atom is 0.334 e. The largest absolute Gasteiger partial charge is 0.348 e. The van der Waals surface area contributed by atoms with Crippen LogP contribution in [0, 0.1) is 21.4 Å². The highest BCUT2D eigenvalue weighted by molar-refractivity contribution is 5.62. The van der Waals surface area contributed by atoms with Crippen LogP contribution in [0.4, 0.5) is 11.5 Å². The second-order valence-corrected chi connectivity index (χ2v) is 4.94. The van der Waals surface area contributed by atoms with Gasteiger partial charge in [0, 0.05) is 19.6 Å². The lowest BCUT2D eigenvalue weighted by molar-refractivity contribution is -0.384. The van der Waals surface area contributed by atoms with Crippen molar-refractivity contribution in [1.82, 2.24) is 9.78 Å². The van der Waals surface area contributed by atoms with E-state index < -0.39 is 0 Å². The first-order chi connectivity index (χ1) is 9.43. The van der Waals surface area contributed by atoms with Crippen molar-refractivity contribution in [2.75, 3.05) is 11.4 Å². The molecule has 0 aromatic carbocycles. The molecule has 7 heteroatoms. The van der Waals surface area contributed by atoms with Gasteiger partial charge in [0.15, 0.2) is 0 Å². The standard InChI is InChI=1S/C13H21N5O2/c1-5-7-11-12(18(19)20)13(16(4)15-11)17(10(2)3)9-6-8-14/h10H,5-7,9H2,1-4H3. The molecule has 1 aromatic heterocycles. The van der Waals surface area contributed by atoms with Gasteiger partial charge in [-0.2, -0.15) is 10.4 Å². The zero-order valence-corrected chi connectivity index (χ0v) is 12.5. The Hall–Kier alpha value is -2.10. The third-order valence-corrected chi connectivity index (χ3v) is 3.09. The molecule has 0 amide bonds. The van der Waals surface area contributed by atoms with Gasteiger partial charge >= 0.3 is 5.69 Å². The molecule has 0 aliphatic carbocycles. The molecule has 7 nitrogen and oxygen atoms in total. The number of nitro groups is 1. The smallest absolute Gasteiger partial charge is 0.334 e. The molecule has 0 unspecified atom stereocenters. The van der Waals surface area contributed by atoms with Crippen molar-refractivity contribution in [3.05, 3.63) is 15.8 Å². The number of nitriles is 1. The van der Waals surface area contributed by atoms with Crippen LogP contribution in [0.5, 0.6) is 0 Å². The van der Waals surface area contributed by atoms with Crippen LogP contribution >= 0.6 is 0 Å². The van der Waals surface area contributed by atoms with Gasteiger partial charge in [-0.3, -0.25) is 10.1 Å². The summed E-state index contributed by atoms with van der Waals surface area (Å²) in [5, 5.41) is 24.4. The van der Waals surface area contributed by atoms with Gasteiger partial charge in [0.1, 0.15) is 5.69 Å². The number of aromatic nitrogens is 2. The molecule has 20 heavy (non-hydrogen) atoms. The summed E-state index contributed by atoms with van der Waals surface area (Å²) >= 11 is 0. The van der Waals surface area contributed by atoms with Crippen LogP contribution in [0.3, 0.4) is 0 Å². The Morgan fingerprint density at radius 1 is 1.55 bits per heavy atom. The lowest BCUT2D eigenvalue weighted by atomic mass is 10.2. The fourth-order valence-electron chi connectivity index (χ4n) is 2.25. The van der Waals surface area contributed by atoms with E-state index in [2.05, 4.69) is 11.2 Å². The Kier molecular flexibility index (Phi) is 5.50. The fraction of sp³-hybridized carbons (Fsp3) is 0.692. The first kappa shape index (κ1) is 16.0. The summed E-state index contributed by atoms with van der Waals surface area (Å²) in [4.78, 5) is 12.9. The number of nitrogens with zero attached hydrogens (tertiary/aromatic N) is 5. The second kappa shape index (κ2) is 6.89. The molecule has 0 fully saturated rings. The summed E-state index contributed by atoms with van der Waals surface area (Å²) in [5.74, 6) is 0.490. The molecule has 0 saturated heterocycles. The molecule has 1 aromatic rings. The van der Waals surface area contributed by atoms with Gasteiger partial charge in [-0.15, -0.1) is 0 Å². The lowest BCUT2D eigenvalue weighted by Crippen LogP contribution is -2.33. The van der Waals surface area contributed by atoms with Crippen LogP contribution in [0.1, 0.15) is 39.3 Å². The minimum atomic E-state index is -0.366. The third-order valence-electron chi connectivity index (χ3n) is 3.09. The molecule has 0 aliphatic rings. The van der Waals surface area contributed by atoms with Crippen molar-refractivity contribution in [3.63, 3.8) is 0 Å². The SMILES string of the molecule is CCCc1nn(C)c(N(CCC#N)C(C)C)c1[N+](=O)[O-]. The van der Waals surface area contributed by atoms with E-state index in [0.717, 1.165) is 6.42 Å². The van der Waals surface area contributed by atoms with E-state index >= 15 is 0 Å². The minimum absolute atomic E-state index is 0.0620. The van der Waals surface area contributed by atoms with E-state index in [9.17, 15) is 10.1 Å². The first-order valence-corrected chi connectivity index (χ1v) is 6.77. The number of aryl methyl sites for hydroxylation is 2. The molecular formula is C13H21N5O2. The quantitative estimate of drug-likeness (QED) is 0.565. The Bertz CT molecular complexity index is 516. The van der Waals surface area contributed by atoms with Gasteiger partial charge in [0.25, 0.3) is 0 Å². The molecule has 1 heterocycles. The summed E-state index contributed by atoms with van der Waals surface area (Å²) in [6.45, 7) is 6.33. The van der Waals surface area contributed by atoms with Crippen LogP contribution < -0.4 is 4.90 Å². The van der Waals surface area contributed by atoms with Crippen LogP contribution in [0.15, 0.2) is 0 Å². The van der Waals surface area contributed by atoms with Crippen molar-refractivity contribution in [3.8, 4) is 6.07 Å². The molecule has 0 N–H and O–H groups in total. The number of rotatable bonds is 7. The lowest BCUT2D eigenvalue weighted by Gasteiger charge is -2.26. The van der Waals surface area contributed by atoms with E-state index in [1.165, 1.54) is 0 Å². The number of hydrogen-bond acceptors (Lipinski definition) is 5. The van der Waals surface area contributed by atoms with Crippen molar-refractivity contribution >= 4 is 11.5 Å². The number of anilines is 1. The average Bonchev–Trinajstić information content (AvgIpc) is 2.67. The summed E-state index contributed by atoms with van der Waals surface area (Å²) in [6, 6.07) is 2.14. The summed E-state index contributed by atoms with van der Waals surface area (Å²) in [7, 11) is 1.71. The summed E-state index contributed by atoms with van der Waals surface area (Å²) in [5.41, 5.74) is 0.582. The highest BCUT2D eigenvalue weighted by Gasteiger charge is 2.30. The van der Waals surface area contributed by atoms with Crippen LogP contribution in [0.25, 0.3) is 0 Å². The third kappa shape index (κ3) is 3.26. The molecular weight excluding hydrogens is 258 g/mol. The van der Waals surface area contributed by atoms with Crippen molar-refractivity contribution in [2.45, 2.75) is 46.1 Å². The van der Waals surface area contributed by atoms with Gasteiger partial charge < -0.3 is 4.90 Å². The molecule has 0 radical (unpaired) electrons. The van der Waals surface area contributed by atoms with Gasteiger partial charge in [0.05, 0.1) is 17.4 Å². The maximum atomic E-state index is 11.4. The first-order valence-electron chi connectivity index (χ1n) is 6.77. The molecule has 0 bridgehead atoms. The number of hydrogen-bond donors (Lipinski definition) is 0. The molecule has 0 atom stereocenters. The van der Waals surface area contributed by atoms with Crippen molar-refractivity contribution in [2.24, 2.45) is 7.05 Å². The van der Waals surface area contributed by atoms with Gasteiger partial charge in [-0.1, -0.05) is 13.3 Å². The minimum Gasteiger partial charge on any atom is -0.348 e. The predicted octanol–water partition coefficient (Wildman–Crippen LogP) is 2.41. The van der Waals surface area contributed by atoms with Crippen molar-refractivity contribution < 1.29 is 4.92 Å². The van der Waals surface area contributed by atoms with Crippen LogP contribution in [0.2, 0.25) is 0 Å². The summed E-state index contributed by atoms with van der Waals surface area (Å²) < 4.78 is 1.56. The van der Waals surface area contributed by atoms with Gasteiger partial charge in [-0.05, 0) is 20.3 Å². The monoisotopic (exact) mass is 279 g/mol.